The van der Waals surface area contributed by atoms with Crippen LogP contribution in [0.2, 0.25) is 0 Å². The van der Waals surface area contributed by atoms with Crippen molar-refractivity contribution in [3.05, 3.63) is 29.8 Å². The highest BCUT2D eigenvalue weighted by atomic mass is 16.5. The summed E-state index contributed by atoms with van der Waals surface area (Å²) in [6.45, 7) is 4.44. The maximum atomic E-state index is 6.27. The normalized spacial score (nSPS) is 33.4. The lowest BCUT2D eigenvalue weighted by molar-refractivity contribution is -0.0250. The van der Waals surface area contributed by atoms with Crippen molar-refractivity contribution in [2.75, 3.05) is 7.11 Å². The summed E-state index contributed by atoms with van der Waals surface area (Å²) in [5.41, 5.74) is 1.47. The number of ether oxygens (including phenoxy) is 2. The lowest BCUT2D eigenvalue weighted by Gasteiger charge is -2.24. The fourth-order valence-corrected chi connectivity index (χ4v) is 3.70. The molecule has 0 spiro atoms. The van der Waals surface area contributed by atoms with E-state index < -0.39 is 0 Å². The molecule has 2 nitrogen and oxygen atoms in total. The van der Waals surface area contributed by atoms with Gasteiger partial charge in [0.15, 0.2) is 0 Å². The van der Waals surface area contributed by atoms with Crippen molar-refractivity contribution in [3.63, 3.8) is 0 Å². The molecule has 3 atom stereocenters. The van der Waals surface area contributed by atoms with Crippen molar-refractivity contribution >= 4 is 0 Å². The zero-order chi connectivity index (χ0) is 12.8. The number of benzene rings is 1. The van der Waals surface area contributed by atoms with E-state index in [4.69, 9.17) is 9.47 Å². The molecule has 18 heavy (non-hydrogen) atoms. The van der Waals surface area contributed by atoms with Gasteiger partial charge in [0.2, 0.25) is 0 Å². The molecule has 98 valence electrons. The Balaban J connectivity index is 1.80. The Hall–Kier alpha value is -1.02. The van der Waals surface area contributed by atoms with Crippen LogP contribution in [0.1, 0.15) is 44.6 Å². The first-order valence-electron chi connectivity index (χ1n) is 6.91. The first-order chi connectivity index (χ1) is 8.59. The van der Waals surface area contributed by atoms with E-state index in [1.165, 1.54) is 24.8 Å². The third-order valence-electron chi connectivity index (χ3n) is 4.46. The van der Waals surface area contributed by atoms with Crippen LogP contribution >= 0.6 is 0 Å². The molecule has 1 aliphatic carbocycles. The van der Waals surface area contributed by atoms with E-state index >= 15 is 0 Å². The predicted octanol–water partition coefficient (Wildman–Crippen LogP) is 3.76. The quantitative estimate of drug-likeness (QED) is 0.791. The molecule has 0 N–H and O–H groups in total. The molecule has 0 aromatic heterocycles. The van der Waals surface area contributed by atoms with Crippen molar-refractivity contribution in [1.82, 2.24) is 0 Å². The molecular formula is C16H22O2. The smallest absolute Gasteiger partial charge is 0.118 e. The van der Waals surface area contributed by atoms with Gasteiger partial charge in [0.05, 0.1) is 18.8 Å². The molecule has 0 unspecified atom stereocenters. The average molecular weight is 246 g/mol. The van der Waals surface area contributed by atoms with E-state index in [0.29, 0.717) is 12.0 Å². The van der Waals surface area contributed by atoms with E-state index in [0.717, 1.165) is 11.7 Å². The Morgan fingerprint density at radius 3 is 2.56 bits per heavy atom. The van der Waals surface area contributed by atoms with Gasteiger partial charge in [-0.05, 0) is 56.7 Å². The molecule has 0 bridgehead atoms. The van der Waals surface area contributed by atoms with Crippen molar-refractivity contribution in [1.29, 1.82) is 0 Å². The molecule has 1 saturated carbocycles. The highest BCUT2D eigenvalue weighted by molar-refractivity contribution is 5.31. The second-order valence-electron chi connectivity index (χ2n) is 6.26. The maximum Gasteiger partial charge on any atom is 0.118 e. The number of methoxy groups -OCH3 is 1. The molecule has 2 heteroatoms. The fourth-order valence-electron chi connectivity index (χ4n) is 3.70. The van der Waals surface area contributed by atoms with Crippen LogP contribution in [0.15, 0.2) is 24.3 Å². The first kappa shape index (κ1) is 12.0. The van der Waals surface area contributed by atoms with Gasteiger partial charge in [0.1, 0.15) is 5.75 Å². The minimum absolute atomic E-state index is 0.0699. The van der Waals surface area contributed by atoms with Crippen LogP contribution in [-0.4, -0.2) is 18.8 Å². The maximum absolute atomic E-state index is 6.27. The van der Waals surface area contributed by atoms with Gasteiger partial charge in [-0.15, -0.1) is 0 Å². The van der Waals surface area contributed by atoms with E-state index in [2.05, 4.69) is 38.1 Å². The largest absolute Gasteiger partial charge is 0.497 e. The van der Waals surface area contributed by atoms with Crippen molar-refractivity contribution in [2.24, 2.45) is 5.92 Å². The lowest BCUT2D eigenvalue weighted by Crippen LogP contribution is -2.23. The highest BCUT2D eigenvalue weighted by Gasteiger charge is 2.47. The predicted molar refractivity (Wildman–Crippen MR) is 72.0 cm³/mol. The van der Waals surface area contributed by atoms with Crippen LogP contribution < -0.4 is 4.74 Å². The number of fused-ring (bicyclic) bond motifs is 1. The van der Waals surface area contributed by atoms with Crippen LogP contribution in [0.25, 0.3) is 0 Å². The minimum Gasteiger partial charge on any atom is -0.497 e. The van der Waals surface area contributed by atoms with Gasteiger partial charge >= 0.3 is 0 Å². The molecule has 0 radical (unpaired) electrons. The van der Waals surface area contributed by atoms with E-state index in [1.807, 2.05) is 0 Å². The summed E-state index contributed by atoms with van der Waals surface area (Å²) in [5, 5.41) is 0. The summed E-state index contributed by atoms with van der Waals surface area (Å²) < 4.78 is 11.5. The van der Waals surface area contributed by atoms with E-state index in [9.17, 15) is 0 Å². The van der Waals surface area contributed by atoms with Crippen molar-refractivity contribution < 1.29 is 9.47 Å². The molecule has 0 amide bonds. The number of hydrogen-bond donors (Lipinski definition) is 0. The average Bonchev–Trinajstić information content (AvgIpc) is 2.84. The number of hydrogen-bond acceptors (Lipinski definition) is 2. The van der Waals surface area contributed by atoms with Gasteiger partial charge in [-0.2, -0.15) is 0 Å². The van der Waals surface area contributed by atoms with E-state index in [1.54, 1.807) is 7.11 Å². The zero-order valence-electron chi connectivity index (χ0n) is 11.5. The van der Waals surface area contributed by atoms with Gasteiger partial charge in [0.25, 0.3) is 0 Å². The molecule has 3 rings (SSSR count). The fraction of sp³-hybridized carbons (Fsp3) is 0.625. The van der Waals surface area contributed by atoms with Gasteiger partial charge in [0, 0.05) is 5.92 Å². The van der Waals surface area contributed by atoms with Gasteiger partial charge in [-0.25, -0.2) is 0 Å². The van der Waals surface area contributed by atoms with Gasteiger partial charge < -0.3 is 9.47 Å². The van der Waals surface area contributed by atoms with Crippen molar-refractivity contribution in [2.45, 2.75) is 50.7 Å². The minimum atomic E-state index is 0.0699. The zero-order valence-corrected chi connectivity index (χ0v) is 11.5. The molecule has 1 heterocycles. The Morgan fingerprint density at radius 2 is 1.89 bits per heavy atom. The first-order valence-corrected chi connectivity index (χ1v) is 6.91. The Morgan fingerprint density at radius 1 is 1.17 bits per heavy atom. The molecule has 2 aliphatic rings. The molecule has 1 aromatic carbocycles. The second kappa shape index (κ2) is 4.27. The third kappa shape index (κ3) is 2.03. The number of rotatable bonds is 2. The topological polar surface area (TPSA) is 18.5 Å². The summed E-state index contributed by atoms with van der Waals surface area (Å²) in [7, 11) is 1.71. The van der Waals surface area contributed by atoms with Crippen LogP contribution in [-0.2, 0) is 4.74 Å². The molecule has 1 aromatic rings. The molecule has 1 saturated heterocycles. The SMILES string of the molecule is COc1ccc([C@H]2CC[C@H]3CC(C)(C)O[C@H]32)cc1. The Labute approximate surface area is 109 Å². The standard InChI is InChI=1S/C16H22O2/c1-16(2)10-12-6-9-14(15(12)18-16)11-4-7-13(17-3)8-5-11/h4-5,7-8,12,14-15H,6,9-10H2,1-3H3/t12-,14+,15+/m0/s1. The third-order valence-corrected chi connectivity index (χ3v) is 4.46. The second-order valence-corrected chi connectivity index (χ2v) is 6.26. The van der Waals surface area contributed by atoms with Gasteiger partial charge in [-0.3, -0.25) is 0 Å². The van der Waals surface area contributed by atoms with Crippen LogP contribution in [0.3, 0.4) is 0 Å². The monoisotopic (exact) mass is 246 g/mol. The summed E-state index contributed by atoms with van der Waals surface area (Å²) in [5.74, 6) is 2.26. The van der Waals surface area contributed by atoms with Crippen LogP contribution in [0, 0.1) is 5.92 Å². The van der Waals surface area contributed by atoms with Gasteiger partial charge in [-0.1, -0.05) is 12.1 Å². The molecular weight excluding hydrogens is 224 g/mol. The van der Waals surface area contributed by atoms with Crippen molar-refractivity contribution in [3.8, 4) is 5.75 Å². The Bertz CT molecular complexity index is 421. The summed E-state index contributed by atoms with van der Waals surface area (Å²) >= 11 is 0. The lowest BCUT2D eigenvalue weighted by atomic mass is 9.92. The summed E-state index contributed by atoms with van der Waals surface area (Å²) in [4.78, 5) is 0. The Kier molecular flexibility index (Phi) is 2.86. The van der Waals surface area contributed by atoms with Crippen LogP contribution in [0.4, 0.5) is 0 Å². The molecule has 2 fully saturated rings. The highest BCUT2D eigenvalue weighted by Crippen LogP contribution is 2.50. The van der Waals surface area contributed by atoms with Crippen LogP contribution in [0.5, 0.6) is 5.75 Å². The summed E-state index contributed by atoms with van der Waals surface area (Å²) in [6, 6.07) is 8.51. The van der Waals surface area contributed by atoms with E-state index in [-0.39, 0.29) is 5.60 Å². The molecule has 1 aliphatic heterocycles. The summed E-state index contributed by atoms with van der Waals surface area (Å²) in [6.07, 6.45) is 4.21.